The van der Waals surface area contributed by atoms with Gasteiger partial charge in [-0.25, -0.2) is 9.48 Å². The summed E-state index contributed by atoms with van der Waals surface area (Å²) in [5.41, 5.74) is 2.65. The van der Waals surface area contributed by atoms with Crippen LogP contribution >= 0.6 is 0 Å². The molecule has 2 heterocycles. The fourth-order valence-electron chi connectivity index (χ4n) is 4.88. The Kier molecular flexibility index (Phi) is 5.69. The quantitative estimate of drug-likeness (QED) is 0.741. The first-order chi connectivity index (χ1) is 14.0. The maximum Gasteiger partial charge on any atom is 0.342 e. The standard InChI is InChI=1S/C23H29N3O3/c1-16-22(17(2)26(24-16)20-10-4-3-5-11-20)23(28)29-15-21(27)25-13-12-18-8-6-7-9-19(18)14-25/h3-5,10-11,18-19H,6-9,12-15H2,1-2H3/t18-,19+/m1/s1. The van der Waals surface area contributed by atoms with E-state index in [1.807, 2.05) is 42.2 Å². The number of rotatable bonds is 4. The molecular weight excluding hydrogens is 366 g/mol. The minimum atomic E-state index is -0.483. The van der Waals surface area contributed by atoms with Crippen molar-refractivity contribution >= 4 is 11.9 Å². The molecule has 1 aliphatic carbocycles. The second-order valence-electron chi connectivity index (χ2n) is 8.30. The normalized spacial score (nSPS) is 21.5. The highest BCUT2D eigenvalue weighted by Gasteiger charge is 2.33. The summed E-state index contributed by atoms with van der Waals surface area (Å²) in [6, 6.07) is 9.67. The van der Waals surface area contributed by atoms with Crippen molar-refractivity contribution in [2.24, 2.45) is 11.8 Å². The van der Waals surface area contributed by atoms with Gasteiger partial charge in [0.05, 0.1) is 17.1 Å². The van der Waals surface area contributed by atoms with Crippen molar-refractivity contribution in [2.75, 3.05) is 19.7 Å². The van der Waals surface area contributed by atoms with Crippen molar-refractivity contribution in [2.45, 2.75) is 46.0 Å². The molecule has 0 bridgehead atoms. The number of hydrogen-bond donors (Lipinski definition) is 0. The molecule has 6 nitrogen and oxygen atoms in total. The van der Waals surface area contributed by atoms with E-state index in [0.717, 1.165) is 31.1 Å². The Balaban J connectivity index is 1.39. The van der Waals surface area contributed by atoms with Gasteiger partial charge in [-0.15, -0.1) is 0 Å². The number of ether oxygens (including phenoxy) is 1. The van der Waals surface area contributed by atoms with Crippen LogP contribution in [-0.2, 0) is 9.53 Å². The number of hydrogen-bond acceptors (Lipinski definition) is 4. The Morgan fingerprint density at radius 2 is 1.79 bits per heavy atom. The molecule has 0 N–H and O–H groups in total. The molecular formula is C23H29N3O3. The molecule has 0 spiro atoms. The van der Waals surface area contributed by atoms with Crippen molar-refractivity contribution in [3.05, 3.63) is 47.3 Å². The predicted molar refractivity (Wildman–Crippen MR) is 110 cm³/mol. The molecule has 1 amide bonds. The first kappa shape index (κ1) is 19.7. The zero-order chi connectivity index (χ0) is 20.4. The minimum absolute atomic E-state index is 0.0897. The van der Waals surface area contributed by atoms with Crippen LogP contribution < -0.4 is 0 Å². The van der Waals surface area contributed by atoms with Crippen LogP contribution in [0, 0.1) is 25.7 Å². The zero-order valence-electron chi connectivity index (χ0n) is 17.3. The highest BCUT2D eigenvalue weighted by Crippen LogP contribution is 2.36. The van der Waals surface area contributed by atoms with E-state index in [0.29, 0.717) is 22.9 Å². The largest absolute Gasteiger partial charge is 0.452 e. The highest BCUT2D eigenvalue weighted by molar-refractivity contribution is 5.93. The van der Waals surface area contributed by atoms with Gasteiger partial charge in [0.1, 0.15) is 5.56 Å². The topological polar surface area (TPSA) is 64.4 Å². The van der Waals surface area contributed by atoms with E-state index < -0.39 is 5.97 Å². The molecule has 2 fully saturated rings. The number of likely N-dealkylation sites (tertiary alicyclic amines) is 1. The van der Waals surface area contributed by atoms with Crippen LogP contribution in [-0.4, -0.2) is 46.3 Å². The maximum atomic E-state index is 12.7. The smallest absolute Gasteiger partial charge is 0.342 e. The Morgan fingerprint density at radius 1 is 1.07 bits per heavy atom. The first-order valence-corrected chi connectivity index (χ1v) is 10.6. The van der Waals surface area contributed by atoms with E-state index in [4.69, 9.17) is 4.74 Å². The number of piperidine rings is 1. The predicted octanol–water partition coefficient (Wildman–Crippen LogP) is 3.68. The van der Waals surface area contributed by atoms with Gasteiger partial charge in [-0.1, -0.05) is 37.5 Å². The lowest BCUT2D eigenvalue weighted by Crippen LogP contribution is -2.46. The van der Waals surface area contributed by atoms with Gasteiger partial charge in [0.2, 0.25) is 0 Å². The number of aromatic nitrogens is 2. The summed E-state index contributed by atoms with van der Waals surface area (Å²) < 4.78 is 7.14. The molecule has 0 unspecified atom stereocenters. The third kappa shape index (κ3) is 4.07. The van der Waals surface area contributed by atoms with Gasteiger partial charge < -0.3 is 9.64 Å². The Morgan fingerprint density at radius 3 is 2.55 bits per heavy atom. The Labute approximate surface area is 171 Å². The van der Waals surface area contributed by atoms with Crippen LogP contribution in [0.25, 0.3) is 5.69 Å². The minimum Gasteiger partial charge on any atom is -0.452 e. The monoisotopic (exact) mass is 395 g/mol. The number of aryl methyl sites for hydroxylation is 1. The van der Waals surface area contributed by atoms with Crippen LogP contribution in [0.4, 0.5) is 0 Å². The SMILES string of the molecule is Cc1nn(-c2ccccc2)c(C)c1C(=O)OCC(=O)N1CC[C@H]2CCCC[C@H]2C1. The van der Waals surface area contributed by atoms with Gasteiger partial charge in [-0.2, -0.15) is 5.10 Å². The lowest BCUT2D eigenvalue weighted by molar-refractivity contribution is -0.137. The van der Waals surface area contributed by atoms with Crippen LogP contribution in [0.1, 0.15) is 53.8 Å². The third-order valence-electron chi connectivity index (χ3n) is 6.47. The van der Waals surface area contributed by atoms with Gasteiger partial charge in [0.15, 0.2) is 6.61 Å². The average Bonchev–Trinajstić information content (AvgIpc) is 3.06. The molecule has 1 aromatic heterocycles. The fraction of sp³-hybridized carbons (Fsp3) is 0.522. The number of benzene rings is 1. The van der Waals surface area contributed by atoms with E-state index in [9.17, 15) is 9.59 Å². The summed E-state index contributed by atoms with van der Waals surface area (Å²) in [4.78, 5) is 27.2. The van der Waals surface area contributed by atoms with Gasteiger partial charge in [-0.05, 0) is 50.7 Å². The number of nitrogens with zero attached hydrogens (tertiary/aromatic N) is 3. The van der Waals surface area contributed by atoms with Crippen molar-refractivity contribution in [3.8, 4) is 5.69 Å². The lowest BCUT2D eigenvalue weighted by atomic mass is 9.75. The lowest BCUT2D eigenvalue weighted by Gasteiger charge is -2.41. The van der Waals surface area contributed by atoms with E-state index in [2.05, 4.69) is 5.10 Å². The highest BCUT2D eigenvalue weighted by atomic mass is 16.5. The summed E-state index contributed by atoms with van der Waals surface area (Å²) in [5.74, 6) is 0.812. The molecule has 4 rings (SSSR count). The van der Waals surface area contributed by atoms with Gasteiger partial charge >= 0.3 is 5.97 Å². The van der Waals surface area contributed by atoms with E-state index in [-0.39, 0.29) is 12.5 Å². The molecule has 0 radical (unpaired) electrons. The van der Waals surface area contributed by atoms with E-state index in [1.165, 1.54) is 25.7 Å². The maximum absolute atomic E-state index is 12.7. The number of para-hydroxylation sites is 1. The number of esters is 1. The van der Waals surface area contributed by atoms with Gasteiger partial charge in [0.25, 0.3) is 5.91 Å². The molecule has 1 aromatic carbocycles. The van der Waals surface area contributed by atoms with Crippen molar-refractivity contribution in [1.29, 1.82) is 0 Å². The molecule has 29 heavy (non-hydrogen) atoms. The molecule has 6 heteroatoms. The summed E-state index contributed by atoms with van der Waals surface area (Å²) in [5, 5.41) is 4.48. The molecule has 1 saturated heterocycles. The second-order valence-corrected chi connectivity index (χ2v) is 8.30. The summed E-state index contributed by atoms with van der Waals surface area (Å²) in [6.07, 6.45) is 6.17. The third-order valence-corrected chi connectivity index (χ3v) is 6.47. The van der Waals surface area contributed by atoms with E-state index >= 15 is 0 Å². The summed E-state index contributed by atoms with van der Waals surface area (Å²) in [7, 11) is 0. The molecule has 154 valence electrons. The number of carbonyl (C=O) groups is 2. The average molecular weight is 396 g/mol. The molecule has 1 saturated carbocycles. The van der Waals surface area contributed by atoms with E-state index in [1.54, 1.807) is 11.6 Å². The Hall–Kier alpha value is -2.63. The van der Waals surface area contributed by atoms with Gasteiger partial charge in [0, 0.05) is 13.1 Å². The van der Waals surface area contributed by atoms with Crippen LogP contribution in [0.5, 0.6) is 0 Å². The first-order valence-electron chi connectivity index (χ1n) is 10.6. The molecule has 2 atom stereocenters. The van der Waals surface area contributed by atoms with Gasteiger partial charge in [-0.3, -0.25) is 4.79 Å². The number of amides is 1. The molecule has 2 aliphatic rings. The zero-order valence-corrected chi connectivity index (χ0v) is 17.3. The van der Waals surface area contributed by atoms with Crippen LogP contribution in [0.2, 0.25) is 0 Å². The Bertz CT molecular complexity index is 890. The number of fused-ring (bicyclic) bond motifs is 1. The molecule has 2 aromatic rings. The van der Waals surface area contributed by atoms with Crippen LogP contribution in [0.15, 0.2) is 30.3 Å². The fourth-order valence-corrected chi connectivity index (χ4v) is 4.88. The molecule has 1 aliphatic heterocycles. The number of carbonyl (C=O) groups excluding carboxylic acids is 2. The van der Waals surface area contributed by atoms with Crippen molar-refractivity contribution in [1.82, 2.24) is 14.7 Å². The second kappa shape index (κ2) is 8.39. The summed E-state index contributed by atoms with van der Waals surface area (Å²) in [6.45, 7) is 5.02. The van der Waals surface area contributed by atoms with Crippen LogP contribution in [0.3, 0.4) is 0 Å². The summed E-state index contributed by atoms with van der Waals surface area (Å²) >= 11 is 0. The van der Waals surface area contributed by atoms with Crippen molar-refractivity contribution < 1.29 is 14.3 Å². The van der Waals surface area contributed by atoms with Crippen molar-refractivity contribution in [3.63, 3.8) is 0 Å².